The van der Waals surface area contributed by atoms with Gasteiger partial charge in [-0.15, -0.1) is 0 Å². The van der Waals surface area contributed by atoms with E-state index in [4.69, 9.17) is 11.5 Å². The van der Waals surface area contributed by atoms with E-state index in [2.05, 4.69) is 15.9 Å². The molecule has 0 heterocycles. The molecule has 0 fully saturated rings. The van der Waals surface area contributed by atoms with Crippen LogP contribution in [-0.2, 0) is 0 Å². The Hall–Kier alpha value is -0.770. The van der Waals surface area contributed by atoms with E-state index in [0.717, 1.165) is 0 Å². The molecule has 0 aliphatic rings. The van der Waals surface area contributed by atoms with Gasteiger partial charge in [-0.05, 0) is 28.1 Å². The molecular formula is C6H6BrFN2. The molecule has 2 nitrogen and oxygen atoms in total. The Morgan fingerprint density at radius 1 is 1.30 bits per heavy atom. The van der Waals surface area contributed by atoms with E-state index < -0.39 is 5.82 Å². The van der Waals surface area contributed by atoms with Crippen molar-refractivity contribution in [2.75, 3.05) is 11.5 Å². The number of rotatable bonds is 0. The van der Waals surface area contributed by atoms with Crippen LogP contribution in [0.25, 0.3) is 0 Å². The first-order valence-electron chi connectivity index (χ1n) is 2.61. The van der Waals surface area contributed by atoms with Gasteiger partial charge in [0.1, 0.15) is 5.82 Å². The van der Waals surface area contributed by atoms with Crippen molar-refractivity contribution in [1.82, 2.24) is 0 Å². The highest BCUT2D eigenvalue weighted by atomic mass is 79.9. The number of nitrogen functional groups attached to an aromatic ring is 2. The van der Waals surface area contributed by atoms with E-state index in [0.29, 0.717) is 10.2 Å². The van der Waals surface area contributed by atoms with Crippen molar-refractivity contribution in [3.63, 3.8) is 0 Å². The van der Waals surface area contributed by atoms with E-state index in [1.165, 1.54) is 12.1 Å². The highest BCUT2D eigenvalue weighted by Gasteiger charge is 2.01. The predicted octanol–water partition coefficient (Wildman–Crippen LogP) is 1.75. The summed E-state index contributed by atoms with van der Waals surface area (Å²) in [5.41, 5.74) is 11.4. The standard InChI is InChI=1S/C6H6BrFN2/c7-4-1-3(8)2-5(9)6(4)10/h1-2H,9-10H2. The molecule has 0 radical (unpaired) electrons. The topological polar surface area (TPSA) is 52.0 Å². The van der Waals surface area contributed by atoms with Crippen LogP contribution in [0.1, 0.15) is 0 Å². The molecular weight excluding hydrogens is 199 g/mol. The molecule has 0 unspecified atom stereocenters. The molecule has 0 spiro atoms. The number of anilines is 2. The van der Waals surface area contributed by atoms with E-state index in [1.807, 2.05) is 0 Å². The Morgan fingerprint density at radius 3 is 2.40 bits per heavy atom. The zero-order chi connectivity index (χ0) is 7.72. The minimum atomic E-state index is -0.390. The van der Waals surface area contributed by atoms with Crippen molar-refractivity contribution >= 4 is 27.3 Å². The molecule has 1 aromatic carbocycles. The Bertz CT molecular complexity index is 239. The quantitative estimate of drug-likeness (QED) is 0.634. The summed E-state index contributed by atoms with van der Waals surface area (Å²) in [4.78, 5) is 0. The Balaban J connectivity index is 3.31. The van der Waals surface area contributed by atoms with Crippen LogP contribution in [0, 0.1) is 5.82 Å². The second kappa shape index (κ2) is 2.46. The monoisotopic (exact) mass is 204 g/mol. The summed E-state index contributed by atoms with van der Waals surface area (Å²) >= 11 is 3.05. The molecule has 0 atom stereocenters. The van der Waals surface area contributed by atoms with Crippen LogP contribution in [0.2, 0.25) is 0 Å². The number of nitrogens with two attached hydrogens (primary N) is 2. The first kappa shape index (κ1) is 7.34. The van der Waals surface area contributed by atoms with Gasteiger partial charge in [-0.2, -0.15) is 0 Å². The molecule has 0 bridgehead atoms. The van der Waals surface area contributed by atoms with E-state index >= 15 is 0 Å². The third-order valence-electron chi connectivity index (χ3n) is 1.13. The molecule has 4 heteroatoms. The SMILES string of the molecule is Nc1cc(F)cc(Br)c1N. The molecule has 10 heavy (non-hydrogen) atoms. The summed E-state index contributed by atoms with van der Waals surface area (Å²) in [6.45, 7) is 0. The minimum absolute atomic E-state index is 0.256. The van der Waals surface area contributed by atoms with Crippen LogP contribution in [0.15, 0.2) is 16.6 Å². The fourth-order valence-electron chi connectivity index (χ4n) is 0.605. The van der Waals surface area contributed by atoms with E-state index in [9.17, 15) is 4.39 Å². The molecule has 0 saturated heterocycles. The van der Waals surface area contributed by atoms with Crippen LogP contribution in [0.3, 0.4) is 0 Å². The van der Waals surface area contributed by atoms with Gasteiger partial charge in [0, 0.05) is 4.47 Å². The number of halogens is 2. The van der Waals surface area contributed by atoms with Gasteiger partial charge in [-0.25, -0.2) is 4.39 Å². The highest BCUT2D eigenvalue weighted by Crippen LogP contribution is 2.26. The Morgan fingerprint density at radius 2 is 1.90 bits per heavy atom. The molecule has 0 aliphatic heterocycles. The average molecular weight is 205 g/mol. The lowest BCUT2D eigenvalue weighted by Gasteiger charge is -2.01. The van der Waals surface area contributed by atoms with E-state index in [-0.39, 0.29) is 5.69 Å². The largest absolute Gasteiger partial charge is 0.397 e. The Kier molecular flexibility index (Phi) is 1.80. The van der Waals surface area contributed by atoms with Gasteiger partial charge in [0.2, 0.25) is 0 Å². The first-order valence-corrected chi connectivity index (χ1v) is 3.40. The predicted molar refractivity (Wildman–Crippen MR) is 42.9 cm³/mol. The van der Waals surface area contributed by atoms with Crippen molar-refractivity contribution in [2.24, 2.45) is 0 Å². The molecule has 1 aromatic rings. The van der Waals surface area contributed by atoms with Gasteiger partial charge in [-0.3, -0.25) is 0 Å². The maximum absolute atomic E-state index is 12.4. The van der Waals surface area contributed by atoms with Crippen LogP contribution in [0.5, 0.6) is 0 Å². The van der Waals surface area contributed by atoms with Gasteiger partial charge in [0.15, 0.2) is 0 Å². The second-order valence-corrected chi connectivity index (χ2v) is 2.74. The molecule has 54 valence electrons. The second-order valence-electron chi connectivity index (χ2n) is 1.89. The third kappa shape index (κ3) is 1.21. The number of hydrogen-bond donors (Lipinski definition) is 2. The lowest BCUT2D eigenvalue weighted by molar-refractivity contribution is 0.628. The zero-order valence-electron chi connectivity index (χ0n) is 5.07. The number of hydrogen-bond acceptors (Lipinski definition) is 2. The van der Waals surface area contributed by atoms with Crippen molar-refractivity contribution in [1.29, 1.82) is 0 Å². The van der Waals surface area contributed by atoms with Gasteiger partial charge >= 0.3 is 0 Å². The Labute approximate surface area is 66.1 Å². The lowest BCUT2D eigenvalue weighted by atomic mass is 10.3. The van der Waals surface area contributed by atoms with Crippen LogP contribution < -0.4 is 11.5 Å². The van der Waals surface area contributed by atoms with Gasteiger partial charge in [-0.1, -0.05) is 0 Å². The molecule has 4 N–H and O–H groups in total. The van der Waals surface area contributed by atoms with Crippen molar-refractivity contribution in [3.8, 4) is 0 Å². The normalized spacial score (nSPS) is 9.80. The zero-order valence-corrected chi connectivity index (χ0v) is 6.65. The molecule has 0 amide bonds. The molecule has 1 rings (SSSR count). The minimum Gasteiger partial charge on any atom is -0.397 e. The lowest BCUT2D eigenvalue weighted by Crippen LogP contribution is -1.96. The summed E-state index contributed by atoms with van der Waals surface area (Å²) in [5, 5.41) is 0. The summed E-state index contributed by atoms with van der Waals surface area (Å²) in [7, 11) is 0. The third-order valence-corrected chi connectivity index (χ3v) is 1.78. The van der Waals surface area contributed by atoms with Crippen molar-refractivity contribution < 1.29 is 4.39 Å². The summed E-state index contributed by atoms with van der Waals surface area (Å²) in [6, 6.07) is 2.45. The average Bonchev–Trinajstić information content (AvgIpc) is 1.82. The fourth-order valence-corrected chi connectivity index (χ4v) is 1.05. The van der Waals surface area contributed by atoms with E-state index in [1.54, 1.807) is 0 Å². The van der Waals surface area contributed by atoms with Crippen LogP contribution in [-0.4, -0.2) is 0 Å². The highest BCUT2D eigenvalue weighted by molar-refractivity contribution is 9.10. The van der Waals surface area contributed by atoms with Crippen LogP contribution in [0.4, 0.5) is 15.8 Å². The molecule has 0 aromatic heterocycles. The van der Waals surface area contributed by atoms with Gasteiger partial charge in [0.05, 0.1) is 11.4 Å². The maximum Gasteiger partial charge on any atom is 0.126 e. The summed E-state index contributed by atoms with van der Waals surface area (Å²) in [5.74, 6) is -0.390. The number of benzene rings is 1. The summed E-state index contributed by atoms with van der Waals surface area (Å²) in [6.07, 6.45) is 0. The van der Waals surface area contributed by atoms with Crippen molar-refractivity contribution in [2.45, 2.75) is 0 Å². The van der Waals surface area contributed by atoms with Crippen molar-refractivity contribution in [3.05, 3.63) is 22.4 Å². The summed E-state index contributed by atoms with van der Waals surface area (Å²) < 4.78 is 12.9. The van der Waals surface area contributed by atoms with Gasteiger partial charge < -0.3 is 11.5 Å². The van der Waals surface area contributed by atoms with Crippen LogP contribution >= 0.6 is 15.9 Å². The van der Waals surface area contributed by atoms with Gasteiger partial charge in [0.25, 0.3) is 0 Å². The molecule has 0 saturated carbocycles. The smallest absolute Gasteiger partial charge is 0.126 e. The molecule has 0 aliphatic carbocycles. The fraction of sp³-hybridized carbons (Fsp3) is 0. The maximum atomic E-state index is 12.4. The first-order chi connectivity index (χ1) is 4.61.